The maximum atomic E-state index is 6.33. The van der Waals surface area contributed by atoms with E-state index in [9.17, 15) is 0 Å². The first kappa shape index (κ1) is 11.8. The number of hydrogen-bond acceptors (Lipinski definition) is 4. The predicted octanol–water partition coefficient (Wildman–Crippen LogP) is 3.60. The molecule has 0 bridgehead atoms. The second-order valence-electron chi connectivity index (χ2n) is 4.43. The number of thiazole rings is 1. The number of nitrogen functional groups attached to an aromatic ring is 1. The Balaban J connectivity index is 2.35. The molecule has 3 rings (SSSR count). The van der Waals surface area contributed by atoms with Gasteiger partial charge in [0.15, 0.2) is 5.13 Å². The number of anilines is 1. The molecule has 0 fully saturated rings. The molecule has 1 aliphatic heterocycles. The van der Waals surface area contributed by atoms with Gasteiger partial charge in [-0.25, -0.2) is 4.98 Å². The Morgan fingerprint density at radius 1 is 1.44 bits per heavy atom. The number of rotatable bonds is 0. The first-order chi connectivity index (χ1) is 8.58. The van der Waals surface area contributed by atoms with E-state index in [-0.39, 0.29) is 0 Å². The SMILES string of the molecule is Cc1cc2c(c(C)c1Cl)-c1nc(N)sc1CCO2. The van der Waals surface area contributed by atoms with Crippen molar-refractivity contribution in [1.29, 1.82) is 0 Å². The average Bonchev–Trinajstić information content (AvgIpc) is 2.59. The van der Waals surface area contributed by atoms with Crippen LogP contribution >= 0.6 is 22.9 Å². The van der Waals surface area contributed by atoms with E-state index in [1.807, 2.05) is 19.9 Å². The van der Waals surface area contributed by atoms with Crippen molar-refractivity contribution in [2.24, 2.45) is 0 Å². The van der Waals surface area contributed by atoms with Crippen molar-refractivity contribution in [2.75, 3.05) is 12.3 Å². The van der Waals surface area contributed by atoms with Crippen LogP contribution in [0.1, 0.15) is 16.0 Å². The van der Waals surface area contributed by atoms with Gasteiger partial charge in [0.2, 0.25) is 0 Å². The smallest absolute Gasteiger partial charge is 0.180 e. The first-order valence-corrected chi connectivity index (χ1v) is 6.95. The van der Waals surface area contributed by atoms with Gasteiger partial charge in [0.05, 0.1) is 12.3 Å². The van der Waals surface area contributed by atoms with Crippen LogP contribution in [0.4, 0.5) is 5.13 Å². The summed E-state index contributed by atoms with van der Waals surface area (Å²) >= 11 is 7.86. The molecule has 0 saturated carbocycles. The molecule has 0 amide bonds. The molecule has 1 aliphatic rings. The molecule has 5 heteroatoms. The third kappa shape index (κ3) is 1.68. The molecule has 1 aromatic carbocycles. The van der Waals surface area contributed by atoms with E-state index >= 15 is 0 Å². The molecule has 94 valence electrons. The molecule has 2 N–H and O–H groups in total. The van der Waals surface area contributed by atoms with Gasteiger partial charge in [-0.3, -0.25) is 0 Å². The number of aryl methyl sites for hydroxylation is 1. The molecule has 3 nitrogen and oxygen atoms in total. The van der Waals surface area contributed by atoms with Gasteiger partial charge < -0.3 is 10.5 Å². The molecule has 0 unspecified atom stereocenters. The number of halogens is 1. The summed E-state index contributed by atoms with van der Waals surface area (Å²) in [4.78, 5) is 5.62. The average molecular weight is 281 g/mol. The van der Waals surface area contributed by atoms with E-state index in [4.69, 9.17) is 22.1 Å². The quantitative estimate of drug-likeness (QED) is 0.802. The highest BCUT2D eigenvalue weighted by molar-refractivity contribution is 7.15. The van der Waals surface area contributed by atoms with Crippen LogP contribution < -0.4 is 10.5 Å². The zero-order valence-corrected chi connectivity index (χ0v) is 11.8. The summed E-state index contributed by atoms with van der Waals surface area (Å²) in [6, 6.07) is 1.98. The maximum absolute atomic E-state index is 6.33. The second kappa shape index (κ2) is 4.14. The molecule has 0 radical (unpaired) electrons. The number of benzene rings is 1. The Morgan fingerprint density at radius 2 is 2.22 bits per heavy atom. The molecular formula is C13H13ClN2OS. The number of nitrogens with two attached hydrogens (primary N) is 1. The fourth-order valence-electron chi connectivity index (χ4n) is 2.32. The van der Waals surface area contributed by atoms with E-state index < -0.39 is 0 Å². The molecule has 18 heavy (non-hydrogen) atoms. The fraction of sp³-hybridized carbons (Fsp3) is 0.308. The van der Waals surface area contributed by atoms with Crippen LogP contribution in [0.3, 0.4) is 0 Å². The van der Waals surface area contributed by atoms with Crippen molar-refractivity contribution >= 4 is 28.1 Å². The Bertz CT molecular complexity index is 636. The van der Waals surface area contributed by atoms with E-state index in [0.717, 1.165) is 39.6 Å². The molecular weight excluding hydrogens is 268 g/mol. The summed E-state index contributed by atoms with van der Waals surface area (Å²) in [5.74, 6) is 0.860. The Labute approximate surface area is 115 Å². The van der Waals surface area contributed by atoms with Gasteiger partial charge in [-0.15, -0.1) is 11.3 Å². The third-order valence-corrected chi connectivity index (χ3v) is 4.71. The van der Waals surface area contributed by atoms with Crippen LogP contribution in [-0.4, -0.2) is 11.6 Å². The van der Waals surface area contributed by atoms with Gasteiger partial charge in [0.1, 0.15) is 5.75 Å². The highest BCUT2D eigenvalue weighted by Crippen LogP contribution is 2.43. The van der Waals surface area contributed by atoms with Crippen LogP contribution in [0.5, 0.6) is 5.75 Å². The summed E-state index contributed by atoms with van der Waals surface area (Å²) in [6.45, 7) is 4.64. The van der Waals surface area contributed by atoms with Crippen LogP contribution in [0, 0.1) is 13.8 Å². The summed E-state index contributed by atoms with van der Waals surface area (Å²) in [5, 5.41) is 1.38. The number of aromatic nitrogens is 1. The van der Waals surface area contributed by atoms with Gasteiger partial charge in [-0.05, 0) is 31.0 Å². The van der Waals surface area contributed by atoms with E-state index in [2.05, 4.69) is 4.98 Å². The lowest BCUT2D eigenvalue weighted by Crippen LogP contribution is -1.99. The van der Waals surface area contributed by atoms with Gasteiger partial charge in [-0.2, -0.15) is 0 Å². The lowest BCUT2D eigenvalue weighted by Gasteiger charge is -2.13. The van der Waals surface area contributed by atoms with Crippen LogP contribution in [0.15, 0.2) is 6.07 Å². The Hall–Kier alpha value is -1.26. The van der Waals surface area contributed by atoms with Crippen LogP contribution in [-0.2, 0) is 6.42 Å². The minimum atomic E-state index is 0.601. The van der Waals surface area contributed by atoms with E-state index in [1.54, 1.807) is 0 Å². The number of nitrogens with zero attached hydrogens (tertiary/aromatic N) is 1. The third-order valence-electron chi connectivity index (χ3n) is 3.18. The molecule has 1 aromatic heterocycles. The van der Waals surface area contributed by atoms with Crippen molar-refractivity contribution in [3.8, 4) is 17.0 Å². The Morgan fingerprint density at radius 3 is 3.00 bits per heavy atom. The lowest BCUT2D eigenvalue weighted by atomic mass is 10.0. The van der Waals surface area contributed by atoms with Gasteiger partial charge in [-0.1, -0.05) is 11.6 Å². The number of fused-ring (bicyclic) bond motifs is 3. The summed E-state index contributed by atoms with van der Waals surface area (Å²) in [6.07, 6.45) is 0.842. The summed E-state index contributed by atoms with van der Waals surface area (Å²) < 4.78 is 5.81. The van der Waals surface area contributed by atoms with Crippen LogP contribution in [0.25, 0.3) is 11.3 Å². The van der Waals surface area contributed by atoms with E-state index in [1.165, 1.54) is 16.2 Å². The number of hydrogen-bond donors (Lipinski definition) is 1. The zero-order valence-electron chi connectivity index (χ0n) is 10.2. The lowest BCUT2D eigenvalue weighted by molar-refractivity contribution is 0.327. The highest BCUT2D eigenvalue weighted by atomic mass is 35.5. The summed E-state index contributed by atoms with van der Waals surface area (Å²) in [7, 11) is 0. The molecule has 0 saturated heterocycles. The normalized spacial score (nSPS) is 13.5. The van der Waals surface area contributed by atoms with Gasteiger partial charge in [0.25, 0.3) is 0 Å². The van der Waals surface area contributed by atoms with Crippen molar-refractivity contribution in [1.82, 2.24) is 4.98 Å². The Kier molecular flexibility index (Phi) is 2.72. The minimum Gasteiger partial charge on any atom is -0.492 e. The predicted molar refractivity (Wildman–Crippen MR) is 75.6 cm³/mol. The van der Waals surface area contributed by atoms with Gasteiger partial charge in [0, 0.05) is 21.9 Å². The van der Waals surface area contributed by atoms with Gasteiger partial charge >= 0.3 is 0 Å². The van der Waals surface area contributed by atoms with Crippen molar-refractivity contribution in [3.63, 3.8) is 0 Å². The van der Waals surface area contributed by atoms with Crippen molar-refractivity contribution in [3.05, 3.63) is 27.1 Å². The molecule has 0 atom stereocenters. The number of ether oxygens (including phenoxy) is 1. The molecule has 0 aliphatic carbocycles. The molecule has 2 aromatic rings. The maximum Gasteiger partial charge on any atom is 0.180 e. The fourth-order valence-corrected chi connectivity index (χ4v) is 3.29. The zero-order chi connectivity index (χ0) is 12.9. The molecule has 2 heterocycles. The minimum absolute atomic E-state index is 0.601. The highest BCUT2D eigenvalue weighted by Gasteiger charge is 2.23. The largest absolute Gasteiger partial charge is 0.492 e. The van der Waals surface area contributed by atoms with Crippen LogP contribution in [0.2, 0.25) is 5.02 Å². The second-order valence-corrected chi connectivity index (χ2v) is 5.92. The topological polar surface area (TPSA) is 48.1 Å². The summed E-state index contributed by atoms with van der Waals surface area (Å²) in [5.41, 5.74) is 9.79. The monoisotopic (exact) mass is 280 g/mol. The standard InChI is InChI=1S/C13H13ClN2OS/c1-6-5-8-10(7(2)11(6)14)12-9(3-4-17-8)18-13(15)16-12/h5H,3-4H2,1-2H3,(H2,15,16). The van der Waals surface area contributed by atoms with Crippen molar-refractivity contribution in [2.45, 2.75) is 20.3 Å². The first-order valence-electron chi connectivity index (χ1n) is 5.76. The van der Waals surface area contributed by atoms with Crippen molar-refractivity contribution < 1.29 is 4.74 Å². The van der Waals surface area contributed by atoms with E-state index in [0.29, 0.717) is 11.7 Å². The molecule has 0 spiro atoms.